The topological polar surface area (TPSA) is 48.0 Å². The van der Waals surface area contributed by atoms with Crippen molar-refractivity contribution in [3.63, 3.8) is 0 Å². The van der Waals surface area contributed by atoms with Crippen LogP contribution in [0.5, 0.6) is 0 Å². The highest BCUT2D eigenvalue weighted by molar-refractivity contribution is 5.78. The van der Waals surface area contributed by atoms with Gasteiger partial charge in [0.15, 0.2) is 0 Å². The fourth-order valence-corrected chi connectivity index (χ4v) is 2.64. The molecule has 3 aromatic rings. The van der Waals surface area contributed by atoms with Crippen molar-refractivity contribution in [3.8, 4) is 0 Å². The van der Waals surface area contributed by atoms with Crippen molar-refractivity contribution in [2.75, 3.05) is 0 Å². The molecule has 0 bridgehead atoms. The van der Waals surface area contributed by atoms with Crippen LogP contribution >= 0.6 is 0 Å². The number of aromatic nitrogens is 1. The molecule has 2 aromatic carbocycles. The average Bonchev–Trinajstić information content (AvgIpc) is 2.51. The summed E-state index contributed by atoms with van der Waals surface area (Å²) >= 11 is 0. The number of fused-ring (bicyclic) bond motifs is 1. The summed E-state index contributed by atoms with van der Waals surface area (Å²) < 4.78 is 1.82. The van der Waals surface area contributed by atoms with Gasteiger partial charge in [-0.05, 0) is 41.1 Å². The Morgan fingerprint density at radius 3 is 2.62 bits per heavy atom. The number of nitrogens with zero attached hydrogens (tertiary/aromatic N) is 1. The monoisotopic (exact) mass is 278 g/mol. The van der Waals surface area contributed by atoms with Crippen molar-refractivity contribution in [2.24, 2.45) is 5.73 Å². The average molecular weight is 278 g/mol. The third kappa shape index (κ3) is 2.60. The van der Waals surface area contributed by atoms with Gasteiger partial charge in [0.1, 0.15) is 0 Å². The summed E-state index contributed by atoms with van der Waals surface area (Å²) in [6.45, 7) is 3.18. The van der Waals surface area contributed by atoms with Crippen molar-refractivity contribution < 1.29 is 0 Å². The number of pyridine rings is 1. The van der Waals surface area contributed by atoms with Crippen molar-refractivity contribution in [1.82, 2.24) is 4.57 Å². The molecule has 0 aliphatic carbocycles. The van der Waals surface area contributed by atoms with E-state index in [1.807, 2.05) is 41.0 Å². The van der Waals surface area contributed by atoms with E-state index in [1.54, 1.807) is 6.07 Å². The van der Waals surface area contributed by atoms with Crippen LogP contribution in [0.2, 0.25) is 0 Å². The lowest BCUT2D eigenvalue weighted by Crippen LogP contribution is -2.20. The second kappa shape index (κ2) is 5.54. The van der Waals surface area contributed by atoms with Crippen LogP contribution < -0.4 is 11.3 Å². The van der Waals surface area contributed by atoms with Gasteiger partial charge in [-0.25, -0.2) is 0 Å². The molecule has 0 aliphatic rings. The zero-order valence-electron chi connectivity index (χ0n) is 12.0. The maximum atomic E-state index is 12.2. The Hall–Kier alpha value is -2.39. The Morgan fingerprint density at radius 1 is 1.05 bits per heavy atom. The zero-order valence-corrected chi connectivity index (χ0v) is 12.0. The quantitative estimate of drug-likeness (QED) is 0.801. The van der Waals surface area contributed by atoms with Gasteiger partial charge in [-0.2, -0.15) is 0 Å². The van der Waals surface area contributed by atoms with Crippen molar-refractivity contribution >= 4 is 10.9 Å². The van der Waals surface area contributed by atoms with Crippen LogP contribution in [0.4, 0.5) is 0 Å². The van der Waals surface area contributed by atoms with Gasteiger partial charge in [-0.15, -0.1) is 0 Å². The van der Waals surface area contributed by atoms with Gasteiger partial charge < -0.3 is 10.3 Å². The number of aryl methyl sites for hydroxylation is 1. The van der Waals surface area contributed by atoms with E-state index >= 15 is 0 Å². The van der Waals surface area contributed by atoms with Gasteiger partial charge in [-0.3, -0.25) is 4.79 Å². The largest absolute Gasteiger partial charge is 0.326 e. The maximum Gasteiger partial charge on any atom is 0.251 e. The predicted octanol–water partition coefficient (Wildman–Crippen LogP) is 2.82. The molecule has 3 nitrogen and oxygen atoms in total. The van der Waals surface area contributed by atoms with Crippen LogP contribution in [0.15, 0.2) is 59.4 Å². The summed E-state index contributed by atoms with van der Waals surface area (Å²) in [5.41, 5.74) is 10.1. The molecule has 1 heterocycles. The minimum absolute atomic E-state index is 0.0241. The van der Waals surface area contributed by atoms with Gasteiger partial charge >= 0.3 is 0 Å². The maximum absolute atomic E-state index is 12.2. The molecule has 0 aliphatic heterocycles. The van der Waals surface area contributed by atoms with E-state index in [4.69, 9.17) is 5.73 Å². The van der Waals surface area contributed by atoms with Crippen LogP contribution in [0, 0.1) is 6.92 Å². The first-order chi connectivity index (χ1) is 10.2. The molecule has 0 saturated carbocycles. The van der Waals surface area contributed by atoms with Crippen LogP contribution in [0.3, 0.4) is 0 Å². The summed E-state index contributed by atoms with van der Waals surface area (Å²) in [6, 6.07) is 17.6. The molecule has 0 spiro atoms. The molecule has 0 saturated heterocycles. The summed E-state index contributed by atoms with van der Waals surface area (Å²) in [7, 11) is 0. The number of benzene rings is 2. The van der Waals surface area contributed by atoms with Crippen molar-refractivity contribution in [3.05, 3.63) is 81.6 Å². The first kappa shape index (κ1) is 13.6. The molecule has 1 aromatic heterocycles. The van der Waals surface area contributed by atoms with E-state index in [1.165, 1.54) is 0 Å². The molecule has 106 valence electrons. The standard InChI is InChI=1S/C18H18N2O/c1-13-10-14(11-19)6-7-16(13)12-20-17-5-3-2-4-15(17)8-9-18(20)21/h2-10H,11-12,19H2,1H3. The molecule has 2 N–H and O–H groups in total. The molecule has 3 rings (SSSR count). The molecule has 0 unspecified atom stereocenters. The summed E-state index contributed by atoms with van der Waals surface area (Å²) in [5.74, 6) is 0. The molecule has 0 amide bonds. The molecular weight excluding hydrogens is 260 g/mol. The minimum Gasteiger partial charge on any atom is -0.326 e. The Kier molecular flexibility index (Phi) is 3.59. The highest BCUT2D eigenvalue weighted by atomic mass is 16.1. The molecule has 0 fully saturated rings. The first-order valence-electron chi connectivity index (χ1n) is 7.06. The zero-order chi connectivity index (χ0) is 14.8. The number of hydrogen-bond donors (Lipinski definition) is 1. The van der Waals surface area contributed by atoms with E-state index in [0.29, 0.717) is 13.1 Å². The Balaban J connectivity index is 2.10. The smallest absolute Gasteiger partial charge is 0.251 e. The van der Waals surface area contributed by atoms with Crippen molar-refractivity contribution in [1.29, 1.82) is 0 Å². The van der Waals surface area contributed by atoms with E-state index in [-0.39, 0.29) is 5.56 Å². The molecule has 0 atom stereocenters. The molecule has 3 heteroatoms. The van der Waals surface area contributed by atoms with E-state index in [0.717, 1.165) is 27.6 Å². The summed E-state index contributed by atoms with van der Waals surface area (Å²) in [5, 5.41) is 1.08. The lowest BCUT2D eigenvalue weighted by atomic mass is 10.0. The Morgan fingerprint density at radius 2 is 1.86 bits per heavy atom. The number of para-hydroxylation sites is 1. The highest BCUT2D eigenvalue weighted by Crippen LogP contribution is 2.16. The van der Waals surface area contributed by atoms with Crippen LogP contribution in [-0.2, 0) is 13.1 Å². The minimum atomic E-state index is 0.0241. The first-order valence-corrected chi connectivity index (χ1v) is 7.06. The van der Waals surface area contributed by atoms with E-state index in [9.17, 15) is 4.79 Å². The van der Waals surface area contributed by atoms with Crippen LogP contribution in [-0.4, -0.2) is 4.57 Å². The van der Waals surface area contributed by atoms with Crippen LogP contribution in [0.25, 0.3) is 10.9 Å². The normalized spacial score (nSPS) is 11.0. The summed E-state index contributed by atoms with van der Waals surface area (Å²) in [4.78, 5) is 12.2. The van der Waals surface area contributed by atoms with Gasteiger partial charge in [0, 0.05) is 12.6 Å². The van der Waals surface area contributed by atoms with Gasteiger partial charge in [-0.1, -0.05) is 36.4 Å². The predicted molar refractivity (Wildman–Crippen MR) is 86.4 cm³/mol. The highest BCUT2D eigenvalue weighted by Gasteiger charge is 2.06. The van der Waals surface area contributed by atoms with Crippen LogP contribution in [0.1, 0.15) is 16.7 Å². The fraction of sp³-hybridized carbons (Fsp3) is 0.167. The number of nitrogens with two attached hydrogens (primary N) is 1. The van der Waals surface area contributed by atoms with E-state index < -0.39 is 0 Å². The van der Waals surface area contributed by atoms with Crippen molar-refractivity contribution in [2.45, 2.75) is 20.0 Å². The summed E-state index contributed by atoms with van der Waals surface area (Å²) in [6.07, 6.45) is 0. The SMILES string of the molecule is Cc1cc(CN)ccc1Cn1c(=O)ccc2ccccc21. The Labute approximate surface area is 123 Å². The second-order valence-corrected chi connectivity index (χ2v) is 5.28. The number of hydrogen-bond acceptors (Lipinski definition) is 2. The van der Waals surface area contributed by atoms with Gasteiger partial charge in [0.25, 0.3) is 5.56 Å². The third-order valence-electron chi connectivity index (χ3n) is 3.87. The number of rotatable bonds is 3. The molecule has 21 heavy (non-hydrogen) atoms. The Bertz CT molecular complexity index is 849. The van der Waals surface area contributed by atoms with E-state index in [2.05, 4.69) is 19.1 Å². The third-order valence-corrected chi connectivity index (χ3v) is 3.87. The fourth-order valence-electron chi connectivity index (χ4n) is 2.64. The lowest BCUT2D eigenvalue weighted by Gasteiger charge is -2.12. The molecule has 0 radical (unpaired) electrons. The lowest BCUT2D eigenvalue weighted by molar-refractivity contribution is 0.789. The molecular formula is C18H18N2O. The second-order valence-electron chi connectivity index (χ2n) is 5.28. The van der Waals surface area contributed by atoms with Gasteiger partial charge in [0.05, 0.1) is 12.1 Å². The van der Waals surface area contributed by atoms with Gasteiger partial charge in [0.2, 0.25) is 0 Å².